The summed E-state index contributed by atoms with van der Waals surface area (Å²) in [6.07, 6.45) is 4.41. The molecule has 0 aromatic heterocycles. The fourth-order valence-electron chi connectivity index (χ4n) is 4.03. The number of ether oxygens (including phenoxy) is 1. The second-order valence-corrected chi connectivity index (χ2v) is 7.96. The summed E-state index contributed by atoms with van der Waals surface area (Å²) in [7, 11) is 0. The van der Waals surface area contributed by atoms with E-state index in [4.69, 9.17) is 9.84 Å². The predicted octanol–water partition coefficient (Wildman–Crippen LogP) is 3.39. The van der Waals surface area contributed by atoms with Crippen molar-refractivity contribution in [2.24, 2.45) is 11.8 Å². The number of nitrogens with one attached hydrogen (secondary N) is 1. The van der Waals surface area contributed by atoms with Crippen molar-refractivity contribution < 1.29 is 14.6 Å². The zero-order valence-corrected chi connectivity index (χ0v) is 14.8. The third-order valence-electron chi connectivity index (χ3n) is 5.34. The van der Waals surface area contributed by atoms with Crippen LogP contribution in [0, 0.1) is 11.8 Å². The maximum atomic E-state index is 11.0. The Morgan fingerprint density at radius 1 is 1.25 bits per heavy atom. The number of aliphatic carboxylic acids is 1. The van der Waals surface area contributed by atoms with Gasteiger partial charge in [0.25, 0.3) is 0 Å². The molecule has 1 aromatic rings. The van der Waals surface area contributed by atoms with Crippen LogP contribution in [0.5, 0.6) is 0 Å². The Hall–Kier alpha value is -1.39. The van der Waals surface area contributed by atoms with Gasteiger partial charge in [-0.15, -0.1) is 0 Å². The highest BCUT2D eigenvalue weighted by atomic mass is 16.5. The molecule has 1 saturated carbocycles. The Balaban J connectivity index is 1.47. The van der Waals surface area contributed by atoms with Crippen LogP contribution >= 0.6 is 0 Å². The normalized spacial score (nSPS) is 29.6. The van der Waals surface area contributed by atoms with Crippen molar-refractivity contribution in [2.75, 3.05) is 6.61 Å². The minimum atomic E-state index is -0.680. The minimum Gasteiger partial charge on any atom is -0.481 e. The first-order chi connectivity index (χ1) is 11.5. The van der Waals surface area contributed by atoms with E-state index in [0.29, 0.717) is 24.8 Å². The van der Waals surface area contributed by atoms with Crippen molar-refractivity contribution in [3.8, 4) is 0 Å². The highest BCUT2D eigenvalue weighted by Crippen LogP contribution is 2.46. The molecule has 132 valence electrons. The molecule has 2 fully saturated rings. The molecule has 24 heavy (non-hydrogen) atoms. The van der Waals surface area contributed by atoms with Crippen molar-refractivity contribution in [3.63, 3.8) is 0 Å². The molecule has 4 nitrogen and oxygen atoms in total. The quantitative estimate of drug-likeness (QED) is 0.839. The molecular formula is C20H29NO3. The maximum absolute atomic E-state index is 11.0. The van der Waals surface area contributed by atoms with Crippen LogP contribution in [0.2, 0.25) is 0 Å². The van der Waals surface area contributed by atoms with Crippen LogP contribution in [0.1, 0.15) is 50.7 Å². The zero-order chi connectivity index (χ0) is 17.2. The molecule has 2 N–H and O–H groups in total. The fourth-order valence-corrected chi connectivity index (χ4v) is 4.03. The molecule has 1 aromatic carbocycles. The first kappa shape index (κ1) is 17.4. The summed E-state index contributed by atoms with van der Waals surface area (Å²) in [6, 6.07) is 9.30. The number of carboxylic acid groups (broad SMARTS) is 1. The highest BCUT2D eigenvalue weighted by molar-refractivity contribution is 5.71. The van der Waals surface area contributed by atoms with Crippen molar-refractivity contribution in [1.82, 2.24) is 5.32 Å². The van der Waals surface area contributed by atoms with Gasteiger partial charge >= 0.3 is 5.97 Å². The lowest BCUT2D eigenvalue weighted by Gasteiger charge is -2.50. The smallest absolute Gasteiger partial charge is 0.306 e. The monoisotopic (exact) mass is 331 g/mol. The summed E-state index contributed by atoms with van der Waals surface area (Å²) < 4.78 is 5.91. The van der Waals surface area contributed by atoms with Gasteiger partial charge in [0, 0.05) is 19.2 Å². The molecule has 2 aliphatic rings. The predicted molar refractivity (Wildman–Crippen MR) is 93.9 cm³/mol. The lowest BCUT2D eigenvalue weighted by molar-refractivity contribution is -0.181. The summed E-state index contributed by atoms with van der Waals surface area (Å²) in [5, 5.41) is 12.7. The second-order valence-electron chi connectivity index (χ2n) is 7.96. The van der Waals surface area contributed by atoms with Gasteiger partial charge < -0.3 is 15.2 Å². The lowest BCUT2D eigenvalue weighted by atomic mass is 9.66. The van der Waals surface area contributed by atoms with Gasteiger partial charge in [0.2, 0.25) is 0 Å². The molecule has 1 aliphatic heterocycles. The summed E-state index contributed by atoms with van der Waals surface area (Å²) >= 11 is 0. The van der Waals surface area contributed by atoms with Crippen molar-refractivity contribution in [2.45, 2.75) is 64.1 Å². The van der Waals surface area contributed by atoms with Gasteiger partial charge in [0.05, 0.1) is 11.5 Å². The molecule has 1 aliphatic carbocycles. The molecule has 1 unspecified atom stereocenters. The Morgan fingerprint density at radius 3 is 2.54 bits per heavy atom. The van der Waals surface area contributed by atoms with Crippen LogP contribution in [0.25, 0.3) is 0 Å². The largest absolute Gasteiger partial charge is 0.481 e. The first-order valence-corrected chi connectivity index (χ1v) is 9.14. The number of hydrogen-bond acceptors (Lipinski definition) is 3. The maximum Gasteiger partial charge on any atom is 0.306 e. The van der Waals surface area contributed by atoms with E-state index in [-0.39, 0.29) is 11.5 Å². The van der Waals surface area contributed by atoms with E-state index in [0.717, 1.165) is 32.4 Å². The van der Waals surface area contributed by atoms with Crippen molar-refractivity contribution in [1.29, 1.82) is 0 Å². The number of rotatable bonds is 6. The van der Waals surface area contributed by atoms with E-state index in [1.165, 1.54) is 11.1 Å². The van der Waals surface area contributed by atoms with E-state index in [1.807, 2.05) is 0 Å². The van der Waals surface area contributed by atoms with Crippen LogP contribution in [0.15, 0.2) is 24.3 Å². The molecule has 4 heteroatoms. The van der Waals surface area contributed by atoms with E-state index in [2.05, 4.69) is 43.4 Å². The molecular weight excluding hydrogens is 302 g/mol. The van der Waals surface area contributed by atoms with Crippen LogP contribution in [0.4, 0.5) is 0 Å². The van der Waals surface area contributed by atoms with Gasteiger partial charge in [-0.1, -0.05) is 38.1 Å². The average molecular weight is 331 g/mol. The van der Waals surface area contributed by atoms with Gasteiger partial charge in [-0.2, -0.15) is 0 Å². The van der Waals surface area contributed by atoms with Crippen molar-refractivity contribution >= 4 is 5.97 Å². The highest BCUT2D eigenvalue weighted by Gasteiger charge is 2.50. The van der Waals surface area contributed by atoms with Gasteiger partial charge in [-0.3, -0.25) is 4.79 Å². The Labute approximate surface area is 144 Å². The van der Waals surface area contributed by atoms with Gasteiger partial charge in [-0.05, 0) is 49.1 Å². The first-order valence-electron chi connectivity index (χ1n) is 9.14. The van der Waals surface area contributed by atoms with Crippen LogP contribution in [0.3, 0.4) is 0 Å². The standard InChI is InChI=1S/C20H29NO3/c1-14(2)9-15-3-5-16(6-4-15)13-21-18-7-8-24-20(12-18)10-17(11-20)19(22)23/h3-6,14,17-18,21H,7-13H2,1-2H3,(H,22,23). The zero-order valence-electron chi connectivity index (χ0n) is 14.8. The topological polar surface area (TPSA) is 58.6 Å². The summed E-state index contributed by atoms with van der Waals surface area (Å²) in [5.41, 5.74) is 2.52. The Morgan fingerprint density at radius 2 is 1.92 bits per heavy atom. The van der Waals surface area contributed by atoms with Crippen LogP contribution < -0.4 is 5.32 Å². The Kier molecular flexibility index (Phi) is 5.26. The summed E-state index contributed by atoms with van der Waals surface area (Å²) in [5.74, 6) is -0.206. The third kappa shape index (κ3) is 4.17. The van der Waals surface area contributed by atoms with Crippen LogP contribution in [-0.4, -0.2) is 29.3 Å². The SMILES string of the molecule is CC(C)Cc1ccc(CNC2CCOC3(C2)CC(C(=O)O)C3)cc1. The van der Waals surface area contributed by atoms with E-state index in [9.17, 15) is 4.79 Å². The van der Waals surface area contributed by atoms with E-state index in [1.54, 1.807) is 0 Å². The average Bonchev–Trinajstić information content (AvgIpc) is 2.51. The van der Waals surface area contributed by atoms with Gasteiger partial charge in [0.15, 0.2) is 0 Å². The Bertz CT molecular complexity index is 561. The lowest BCUT2D eigenvalue weighted by Crippen LogP contribution is -2.55. The van der Waals surface area contributed by atoms with Crippen molar-refractivity contribution in [3.05, 3.63) is 35.4 Å². The van der Waals surface area contributed by atoms with Gasteiger partial charge in [-0.25, -0.2) is 0 Å². The summed E-state index contributed by atoms with van der Waals surface area (Å²) in [6.45, 7) is 6.08. The number of hydrogen-bond donors (Lipinski definition) is 2. The number of carboxylic acids is 1. The molecule has 0 bridgehead atoms. The molecule has 1 atom stereocenters. The molecule has 3 rings (SSSR count). The number of carbonyl (C=O) groups is 1. The van der Waals surface area contributed by atoms with E-state index < -0.39 is 5.97 Å². The molecule has 0 amide bonds. The van der Waals surface area contributed by atoms with E-state index >= 15 is 0 Å². The molecule has 1 heterocycles. The number of benzene rings is 1. The minimum absolute atomic E-state index is 0.180. The van der Waals surface area contributed by atoms with Gasteiger partial charge in [0.1, 0.15) is 0 Å². The molecule has 1 spiro atoms. The summed E-state index contributed by atoms with van der Waals surface area (Å²) in [4.78, 5) is 11.0. The molecule has 1 saturated heterocycles. The molecule has 0 radical (unpaired) electrons. The van der Waals surface area contributed by atoms with Crippen LogP contribution in [-0.2, 0) is 22.5 Å². The fraction of sp³-hybridized carbons (Fsp3) is 0.650. The third-order valence-corrected chi connectivity index (χ3v) is 5.34. The second kappa shape index (κ2) is 7.24.